The summed E-state index contributed by atoms with van der Waals surface area (Å²) in [5.74, 6) is -1.23. The Morgan fingerprint density at radius 1 is 0.836 bits per heavy atom. The van der Waals surface area contributed by atoms with E-state index in [-0.39, 0.29) is 47.9 Å². The van der Waals surface area contributed by atoms with E-state index in [1.165, 1.54) is 30.3 Å². The number of rotatable bonds is 22. The summed E-state index contributed by atoms with van der Waals surface area (Å²) in [5.41, 5.74) is 4.63. The number of unbranched alkanes of at least 4 members (excludes halogenated alkanes) is 11. The van der Waals surface area contributed by atoms with Crippen LogP contribution in [0.3, 0.4) is 0 Å². The predicted octanol–water partition coefficient (Wildman–Crippen LogP) is 8.54. The number of halogens is 3. The molecule has 14 nitrogen and oxygen atoms in total. The van der Waals surface area contributed by atoms with Gasteiger partial charge in [-0.15, -0.1) is 13.2 Å². The summed E-state index contributed by atoms with van der Waals surface area (Å²) in [7, 11) is 1.69. The van der Waals surface area contributed by atoms with E-state index in [2.05, 4.69) is 15.4 Å². The Bertz CT molecular complexity index is 2480. The van der Waals surface area contributed by atoms with E-state index in [1.54, 1.807) is 44.4 Å². The third-order valence-electron chi connectivity index (χ3n) is 13.4. The van der Waals surface area contributed by atoms with Crippen LogP contribution in [0.15, 0.2) is 53.5 Å². The lowest BCUT2D eigenvalue weighted by Gasteiger charge is -2.32. The van der Waals surface area contributed by atoms with Crippen LogP contribution in [0.2, 0.25) is 0 Å². The maximum absolute atomic E-state index is 13.3. The lowest BCUT2D eigenvalue weighted by molar-refractivity contribution is -0.325. The van der Waals surface area contributed by atoms with Gasteiger partial charge in [0.2, 0.25) is 17.7 Å². The van der Waals surface area contributed by atoms with Gasteiger partial charge in [-0.3, -0.25) is 43.7 Å². The Kier molecular flexibility index (Phi) is 16.3. The van der Waals surface area contributed by atoms with Gasteiger partial charge in [0.25, 0.3) is 17.4 Å². The number of benzene rings is 2. The number of piperidine rings is 2. The standard InChI is InChI=1S/C50H62F3N7O7/c1-33-30-36(32-57(2)47(33)64)35-19-20-38-41(31-35)59(28-29-67-50(51,52)53)45(55-38)34-23-26-58(27-24-34)43(62)18-13-11-9-7-5-3-4-6-8-10-12-14-25-54-39-17-15-16-37-44(39)49(66)60(48(37)65)40-21-22-42(61)56-46(40)63/h15-17,19-20,30-32,34,40,54H,3-14,18,21-29H2,1-2H3,(H,56,61,63). The van der Waals surface area contributed by atoms with Gasteiger partial charge in [0.05, 0.1) is 28.8 Å². The molecule has 0 radical (unpaired) electrons. The van der Waals surface area contributed by atoms with Crippen LogP contribution in [0.25, 0.3) is 22.2 Å². The molecule has 2 fully saturated rings. The van der Waals surface area contributed by atoms with Crippen LogP contribution in [-0.2, 0) is 32.7 Å². The van der Waals surface area contributed by atoms with Gasteiger partial charge in [0.15, 0.2) is 0 Å². The van der Waals surface area contributed by atoms with Crippen molar-refractivity contribution in [3.63, 3.8) is 0 Å². The van der Waals surface area contributed by atoms with E-state index in [4.69, 9.17) is 4.98 Å². The summed E-state index contributed by atoms with van der Waals surface area (Å²) < 4.78 is 46.5. The SMILES string of the molecule is Cc1cc(-c2ccc3nc(C4CCN(C(=O)CCCCCCCCCCCCCCNc5cccc6c5C(=O)N(C5CCC(=O)NC5=O)C6=O)CC4)n(CCOC(F)(F)F)c3c2)cn(C)c1=O. The predicted molar refractivity (Wildman–Crippen MR) is 247 cm³/mol. The Hall–Kier alpha value is -5.84. The molecule has 1 unspecified atom stereocenters. The lowest BCUT2D eigenvalue weighted by Crippen LogP contribution is -2.54. The Labute approximate surface area is 388 Å². The molecule has 5 heterocycles. The van der Waals surface area contributed by atoms with E-state index in [0.29, 0.717) is 67.0 Å². The smallest absolute Gasteiger partial charge is 0.384 e. The highest BCUT2D eigenvalue weighted by Gasteiger charge is 2.45. The van der Waals surface area contributed by atoms with Crippen molar-refractivity contribution in [1.29, 1.82) is 0 Å². The minimum absolute atomic E-state index is 0.0256. The average molecular weight is 930 g/mol. The molecule has 1 atom stereocenters. The van der Waals surface area contributed by atoms with E-state index in [9.17, 15) is 41.9 Å². The number of likely N-dealkylation sites (tertiary alicyclic amines) is 1. The van der Waals surface area contributed by atoms with Crippen molar-refractivity contribution in [1.82, 2.24) is 29.2 Å². The van der Waals surface area contributed by atoms with Gasteiger partial charge in [0, 0.05) is 69.4 Å². The molecule has 360 valence electrons. The molecule has 2 saturated heterocycles. The Balaban J connectivity index is 0.749. The molecule has 17 heteroatoms. The minimum Gasteiger partial charge on any atom is -0.384 e. The van der Waals surface area contributed by atoms with E-state index < -0.39 is 42.6 Å². The van der Waals surface area contributed by atoms with Crippen LogP contribution in [0.4, 0.5) is 18.9 Å². The number of alkyl halides is 3. The number of aromatic nitrogens is 3. The zero-order chi connectivity index (χ0) is 47.7. The first-order valence-corrected chi connectivity index (χ1v) is 23.9. The van der Waals surface area contributed by atoms with Crippen molar-refractivity contribution in [2.75, 3.05) is 31.6 Å². The van der Waals surface area contributed by atoms with Gasteiger partial charge < -0.3 is 19.4 Å². The number of amides is 5. The monoisotopic (exact) mass is 929 g/mol. The molecule has 3 aliphatic rings. The number of nitrogens with zero attached hydrogens (tertiary/aromatic N) is 5. The van der Waals surface area contributed by atoms with Gasteiger partial charge in [-0.25, -0.2) is 4.98 Å². The van der Waals surface area contributed by atoms with Crippen molar-refractivity contribution < 1.29 is 41.9 Å². The Morgan fingerprint density at radius 3 is 2.16 bits per heavy atom. The van der Waals surface area contributed by atoms with Crippen molar-refractivity contribution in [3.05, 3.63) is 81.5 Å². The van der Waals surface area contributed by atoms with Crippen LogP contribution in [0.1, 0.15) is 147 Å². The first-order valence-electron chi connectivity index (χ1n) is 23.9. The summed E-state index contributed by atoms with van der Waals surface area (Å²) in [5, 5.41) is 5.54. The second kappa shape index (κ2) is 22.3. The number of carbonyl (C=O) groups is 5. The number of imidazole rings is 1. The number of nitrogens with one attached hydrogen (secondary N) is 2. The zero-order valence-corrected chi connectivity index (χ0v) is 38.6. The van der Waals surface area contributed by atoms with Gasteiger partial charge in [-0.2, -0.15) is 0 Å². The third kappa shape index (κ3) is 12.2. The molecule has 5 amide bonds. The van der Waals surface area contributed by atoms with Gasteiger partial charge in [-0.1, -0.05) is 76.3 Å². The van der Waals surface area contributed by atoms with Crippen LogP contribution in [0, 0.1) is 6.92 Å². The summed E-state index contributed by atoms with van der Waals surface area (Å²) in [4.78, 5) is 83.6. The topological polar surface area (TPSA) is 165 Å². The van der Waals surface area contributed by atoms with Crippen LogP contribution in [0.5, 0.6) is 0 Å². The summed E-state index contributed by atoms with van der Waals surface area (Å²) in [6.45, 7) is 2.96. The van der Waals surface area contributed by atoms with Crippen molar-refractivity contribution in [2.24, 2.45) is 7.05 Å². The van der Waals surface area contributed by atoms with Crippen LogP contribution >= 0.6 is 0 Å². The normalized spacial score (nSPS) is 16.9. The highest BCUT2D eigenvalue weighted by atomic mass is 19.4. The maximum atomic E-state index is 13.3. The van der Waals surface area contributed by atoms with Gasteiger partial charge >= 0.3 is 6.36 Å². The molecule has 0 bridgehead atoms. The summed E-state index contributed by atoms with van der Waals surface area (Å²) in [6, 6.07) is 11.6. The molecule has 4 aromatic rings. The fourth-order valence-corrected chi connectivity index (χ4v) is 9.76. The van der Waals surface area contributed by atoms with E-state index in [1.807, 2.05) is 27.7 Å². The number of hydrogen-bond donors (Lipinski definition) is 2. The molecule has 3 aliphatic heterocycles. The van der Waals surface area contributed by atoms with Gasteiger partial charge in [0.1, 0.15) is 11.9 Å². The number of anilines is 1. The molecule has 2 aromatic heterocycles. The van der Waals surface area contributed by atoms with Crippen molar-refractivity contribution in [2.45, 2.75) is 141 Å². The molecule has 0 saturated carbocycles. The fourth-order valence-electron chi connectivity index (χ4n) is 9.76. The highest BCUT2D eigenvalue weighted by Crippen LogP contribution is 2.35. The van der Waals surface area contributed by atoms with E-state index >= 15 is 0 Å². The number of imide groups is 2. The molecule has 67 heavy (non-hydrogen) atoms. The molecular weight excluding hydrogens is 868 g/mol. The summed E-state index contributed by atoms with van der Waals surface area (Å²) in [6.07, 6.45) is 12.1. The fraction of sp³-hybridized carbons (Fsp3) is 0.540. The molecule has 0 spiro atoms. The number of aryl methyl sites for hydroxylation is 2. The first-order chi connectivity index (χ1) is 32.2. The number of pyridine rings is 1. The summed E-state index contributed by atoms with van der Waals surface area (Å²) >= 11 is 0. The quantitative estimate of drug-likeness (QED) is 0.0581. The highest BCUT2D eigenvalue weighted by molar-refractivity contribution is 6.25. The lowest BCUT2D eigenvalue weighted by atomic mass is 9.95. The molecule has 0 aliphatic carbocycles. The largest absolute Gasteiger partial charge is 0.522 e. The number of ether oxygens (including phenoxy) is 1. The molecule has 7 rings (SSSR count). The van der Waals surface area contributed by atoms with Crippen molar-refractivity contribution in [3.8, 4) is 11.1 Å². The maximum Gasteiger partial charge on any atom is 0.522 e. The zero-order valence-electron chi connectivity index (χ0n) is 38.6. The first kappa shape index (κ1) is 49.1. The number of carbonyl (C=O) groups excluding carboxylic acids is 5. The number of fused-ring (bicyclic) bond motifs is 2. The average Bonchev–Trinajstić information content (AvgIpc) is 3.79. The molecular formula is C50H62F3N7O7. The molecule has 2 N–H and O–H groups in total. The Morgan fingerprint density at radius 2 is 1.51 bits per heavy atom. The minimum atomic E-state index is -4.75. The van der Waals surface area contributed by atoms with Crippen LogP contribution < -0.4 is 16.2 Å². The third-order valence-corrected chi connectivity index (χ3v) is 13.4. The molecule has 2 aromatic carbocycles. The van der Waals surface area contributed by atoms with Gasteiger partial charge in [-0.05, 0) is 80.5 Å². The number of hydrogen-bond acceptors (Lipinski definition) is 9. The second-order valence-electron chi connectivity index (χ2n) is 18.2. The second-order valence-corrected chi connectivity index (χ2v) is 18.2. The van der Waals surface area contributed by atoms with Crippen LogP contribution in [-0.4, -0.2) is 92.1 Å². The van der Waals surface area contributed by atoms with Crippen molar-refractivity contribution >= 4 is 46.3 Å². The van der Waals surface area contributed by atoms with E-state index in [0.717, 1.165) is 67.4 Å².